The monoisotopic (exact) mass is 265 g/mol. The zero-order valence-corrected chi connectivity index (χ0v) is 10.6. The molecule has 0 bridgehead atoms. The summed E-state index contributed by atoms with van der Waals surface area (Å²) in [6, 6.07) is 12.9. The Morgan fingerprint density at radius 2 is 2.20 bits per heavy atom. The number of amides is 1. The summed E-state index contributed by atoms with van der Waals surface area (Å²) < 4.78 is 5.39. The molecule has 1 aliphatic heterocycles. The van der Waals surface area contributed by atoms with E-state index < -0.39 is 0 Å². The number of carbonyl (C=O) groups excluding carboxylic acids is 1. The summed E-state index contributed by atoms with van der Waals surface area (Å²) in [7, 11) is 0. The second-order valence-electron chi connectivity index (χ2n) is 4.40. The number of nitrogens with zero attached hydrogens (tertiary/aromatic N) is 3. The van der Waals surface area contributed by atoms with Crippen molar-refractivity contribution in [3.8, 4) is 11.8 Å². The Bertz CT molecular complexity index is 706. The van der Waals surface area contributed by atoms with E-state index in [4.69, 9.17) is 10.00 Å². The van der Waals surface area contributed by atoms with Crippen LogP contribution in [0.5, 0.6) is 5.75 Å². The molecular formula is C15H11N3O2. The third kappa shape index (κ3) is 2.19. The standard InChI is InChI=1S/C15H11N3O2/c16-8-12-7-11(5-6-17-12)9-18-13-3-1-2-4-14(13)20-10-15(18)19/h1-7H,9-10H2. The molecule has 0 aliphatic carbocycles. The van der Waals surface area contributed by atoms with E-state index in [0.717, 1.165) is 11.3 Å². The molecule has 5 nitrogen and oxygen atoms in total. The minimum Gasteiger partial charge on any atom is -0.482 e. The Morgan fingerprint density at radius 1 is 1.35 bits per heavy atom. The van der Waals surface area contributed by atoms with E-state index in [0.29, 0.717) is 18.0 Å². The molecule has 0 spiro atoms. The fraction of sp³-hybridized carbons (Fsp3) is 0.133. The predicted octanol–water partition coefficient (Wildman–Crippen LogP) is 1.88. The number of aromatic nitrogens is 1. The average Bonchev–Trinajstić information content (AvgIpc) is 2.50. The van der Waals surface area contributed by atoms with Crippen molar-refractivity contribution in [3.63, 3.8) is 0 Å². The van der Waals surface area contributed by atoms with Gasteiger partial charge in [-0.05, 0) is 29.8 Å². The van der Waals surface area contributed by atoms with Crippen LogP contribution >= 0.6 is 0 Å². The van der Waals surface area contributed by atoms with E-state index in [1.165, 1.54) is 0 Å². The van der Waals surface area contributed by atoms with Crippen LogP contribution in [0, 0.1) is 11.3 Å². The lowest BCUT2D eigenvalue weighted by molar-refractivity contribution is -0.121. The number of nitriles is 1. The van der Waals surface area contributed by atoms with Gasteiger partial charge in [0.25, 0.3) is 5.91 Å². The normalized spacial score (nSPS) is 13.3. The molecule has 0 N–H and O–H groups in total. The van der Waals surface area contributed by atoms with Crippen molar-refractivity contribution in [2.24, 2.45) is 0 Å². The van der Waals surface area contributed by atoms with Gasteiger partial charge in [0, 0.05) is 6.20 Å². The number of para-hydroxylation sites is 2. The first kappa shape index (κ1) is 12.2. The summed E-state index contributed by atoms with van der Waals surface area (Å²) in [6.45, 7) is 0.434. The number of hydrogen-bond donors (Lipinski definition) is 0. The van der Waals surface area contributed by atoms with E-state index in [2.05, 4.69) is 4.98 Å². The third-order valence-corrected chi connectivity index (χ3v) is 3.09. The highest BCUT2D eigenvalue weighted by molar-refractivity contribution is 5.97. The first-order chi connectivity index (χ1) is 9.78. The van der Waals surface area contributed by atoms with Crippen molar-refractivity contribution >= 4 is 11.6 Å². The molecule has 0 saturated heterocycles. The van der Waals surface area contributed by atoms with Crippen molar-refractivity contribution in [1.29, 1.82) is 5.26 Å². The molecule has 5 heteroatoms. The second-order valence-corrected chi connectivity index (χ2v) is 4.40. The van der Waals surface area contributed by atoms with Gasteiger partial charge in [0.1, 0.15) is 17.5 Å². The molecular weight excluding hydrogens is 254 g/mol. The van der Waals surface area contributed by atoms with Crippen LogP contribution in [0.3, 0.4) is 0 Å². The number of fused-ring (bicyclic) bond motifs is 1. The van der Waals surface area contributed by atoms with E-state index in [1.54, 1.807) is 23.2 Å². The number of pyridine rings is 1. The minimum atomic E-state index is -0.0981. The number of ether oxygens (including phenoxy) is 1. The molecule has 1 aliphatic rings. The molecule has 0 atom stereocenters. The Kier molecular flexibility index (Phi) is 3.05. The zero-order chi connectivity index (χ0) is 13.9. The minimum absolute atomic E-state index is 0.0349. The van der Waals surface area contributed by atoms with Crippen LogP contribution in [0.2, 0.25) is 0 Å². The fourth-order valence-electron chi connectivity index (χ4n) is 2.14. The van der Waals surface area contributed by atoms with Crippen LogP contribution in [-0.4, -0.2) is 17.5 Å². The van der Waals surface area contributed by atoms with Gasteiger partial charge >= 0.3 is 0 Å². The largest absolute Gasteiger partial charge is 0.482 e. The fourth-order valence-corrected chi connectivity index (χ4v) is 2.14. The van der Waals surface area contributed by atoms with Gasteiger partial charge in [0.05, 0.1) is 12.2 Å². The maximum atomic E-state index is 12.0. The zero-order valence-electron chi connectivity index (χ0n) is 10.6. The molecule has 3 rings (SSSR count). The molecule has 1 amide bonds. The molecule has 1 aromatic heterocycles. The molecule has 2 heterocycles. The second kappa shape index (κ2) is 5.02. The quantitative estimate of drug-likeness (QED) is 0.831. The lowest BCUT2D eigenvalue weighted by Gasteiger charge is -2.29. The Hall–Kier alpha value is -2.87. The van der Waals surface area contributed by atoms with Crippen LogP contribution < -0.4 is 9.64 Å². The van der Waals surface area contributed by atoms with Gasteiger partial charge < -0.3 is 9.64 Å². The predicted molar refractivity (Wildman–Crippen MR) is 72.1 cm³/mol. The van der Waals surface area contributed by atoms with Crippen LogP contribution in [-0.2, 0) is 11.3 Å². The summed E-state index contributed by atoms with van der Waals surface area (Å²) >= 11 is 0. The SMILES string of the molecule is N#Cc1cc(CN2C(=O)COc3ccccc32)ccn1. The van der Waals surface area contributed by atoms with Crippen molar-refractivity contribution in [2.75, 3.05) is 11.5 Å². The maximum Gasteiger partial charge on any atom is 0.265 e. The van der Waals surface area contributed by atoms with Gasteiger partial charge in [0.2, 0.25) is 0 Å². The summed E-state index contributed by atoms with van der Waals surface area (Å²) in [5.74, 6) is 0.598. The number of benzene rings is 1. The van der Waals surface area contributed by atoms with E-state index in [9.17, 15) is 4.79 Å². The molecule has 0 radical (unpaired) electrons. The average molecular weight is 265 g/mol. The third-order valence-electron chi connectivity index (χ3n) is 3.09. The van der Waals surface area contributed by atoms with Gasteiger partial charge in [-0.15, -0.1) is 0 Å². The van der Waals surface area contributed by atoms with Crippen molar-refractivity contribution in [1.82, 2.24) is 4.98 Å². The van der Waals surface area contributed by atoms with Crippen LogP contribution in [0.1, 0.15) is 11.3 Å². The van der Waals surface area contributed by atoms with Crippen LogP contribution in [0.15, 0.2) is 42.6 Å². The lowest BCUT2D eigenvalue weighted by atomic mass is 10.1. The summed E-state index contributed by atoms with van der Waals surface area (Å²) in [6.07, 6.45) is 1.57. The van der Waals surface area contributed by atoms with Crippen molar-refractivity contribution in [3.05, 3.63) is 53.9 Å². The number of rotatable bonds is 2. The molecule has 20 heavy (non-hydrogen) atoms. The van der Waals surface area contributed by atoms with E-state index >= 15 is 0 Å². The number of anilines is 1. The first-order valence-corrected chi connectivity index (χ1v) is 6.15. The molecule has 0 fully saturated rings. The topological polar surface area (TPSA) is 66.2 Å². The highest BCUT2D eigenvalue weighted by atomic mass is 16.5. The molecule has 0 unspecified atom stereocenters. The summed E-state index contributed by atoms with van der Waals surface area (Å²) in [4.78, 5) is 17.6. The Balaban J connectivity index is 1.94. The van der Waals surface area contributed by atoms with Gasteiger partial charge in [-0.1, -0.05) is 12.1 Å². The van der Waals surface area contributed by atoms with Gasteiger partial charge in [-0.2, -0.15) is 5.26 Å². The van der Waals surface area contributed by atoms with Crippen LogP contribution in [0.4, 0.5) is 5.69 Å². The van der Waals surface area contributed by atoms with Crippen LogP contribution in [0.25, 0.3) is 0 Å². The Morgan fingerprint density at radius 3 is 3.05 bits per heavy atom. The van der Waals surface area contributed by atoms with E-state index in [-0.39, 0.29) is 12.5 Å². The first-order valence-electron chi connectivity index (χ1n) is 6.15. The Labute approximate surface area is 116 Å². The van der Waals surface area contributed by atoms with Crippen molar-refractivity contribution < 1.29 is 9.53 Å². The maximum absolute atomic E-state index is 12.0. The molecule has 0 saturated carbocycles. The smallest absolute Gasteiger partial charge is 0.265 e. The summed E-state index contributed by atoms with van der Waals surface area (Å²) in [5.41, 5.74) is 1.96. The lowest BCUT2D eigenvalue weighted by Crippen LogP contribution is -2.38. The van der Waals surface area contributed by atoms with Gasteiger partial charge in [-0.3, -0.25) is 4.79 Å². The van der Waals surface area contributed by atoms with Crippen molar-refractivity contribution in [2.45, 2.75) is 6.54 Å². The highest BCUT2D eigenvalue weighted by Gasteiger charge is 2.25. The number of hydrogen-bond acceptors (Lipinski definition) is 4. The molecule has 2 aromatic rings. The summed E-state index contributed by atoms with van der Waals surface area (Å²) in [5, 5.41) is 8.86. The molecule has 98 valence electrons. The molecule has 1 aromatic carbocycles. The number of carbonyl (C=O) groups is 1. The highest BCUT2D eigenvalue weighted by Crippen LogP contribution is 2.32. The van der Waals surface area contributed by atoms with E-state index in [1.807, 2.05) is 30.3 Å². The van der Waals surface area contributed by atoms with Gasteiger partial charge in [-0.25, -0.2) is 4.98 Å². The van der Waals surface area contributed by atoms with Gasteiger partial charge in [0.15, 0.2) is 6.61 Å².